The summed E-state index contributed by atoms with van der Waals surface area (Å²) in [4.78, 5) is 11.0. The zero-order valence-electron chi connectivity index (χ0n) is 10.3. The molecular weight excluding hydrogens is 192 g/mol. The standard InChI is InChI=1S/C11H23NO2.H3N/c1-4-7-8-10(5-2)9-14-11(13)12-6-3;/h10H,4-9H2,1-3H3,(H,12,13);1H3. The molecule has 0 aromatic heterocycles. The smallest absolute Gasteiger partial charge is 0.407 e. The fourth-order valence-corrected chi connectivity index (χ4v) is 1.29. The van der Waals surface area contributed by atoms with E-state index < -0.39 is 0 Å². The van der Waals surface area contributed by atoms with Crippen LogP contribution in [0.1, 0.15) is 46.5 Å². The molecule has 4 heteroatoms. The van der Waals surface area contributed by atoms with Gasteiger partial charge in [0.2, 0.25) is 0 Å². The Morgan fingerprint density at radius 3 is 2.47 bits per heavy atom. The van der Waals surface area contributed by atoms with Crippen molar-refractivity contribution in [1.82, 2.24) is 11.5 Å². The van der Waals surface area contributed by atoms with E-state index in [1.165, 1.54) is 12.8 Å². The number of alkyl carbamates (subject to hydrolysis) is 1. The highest BCUT2D eigenvalue weighted by Crippen LogP contribution is 2.12. The summed E-state index contributed by atoms with van der Waals surface area (Å²) in [5, 5.41) is 2.62. The van der Waals surface area contributed by atoms with Crippen LogP contribution in [0.25, 0.3) is 0 Å². The first-order chi connectivity index (χ1) is 6.74. The first-order valence-electron chi connectivity index (χ1n) is 5.65. The highest BCUT2D eigenvalue weighted by Gasteiger charge is 2.08. The van der Waals surface area contributed by atoms with Gasteiger partial charge in [-0.3, -0.25) is 0 Å². The molecular formula is C11H26N2O2. The minimum absolute atomic E-state index is 0. The fourth-order valence-electron chi connectivity index (χ4n) is 1.29. The molecule has 0 rings (SSSR count). The van der Waals surface area contributed by atoms with Gasteiger partial charge < -0.3 is 16.2 Å². The van der Waals surface area contributed by atoms with Crippen molar-refractivity contribution >= 4 is 6.09 Å². The molecule has 0 aliphatic rings. The zero-order valence-corrected chi connectivity index (χ0v) is 10.3. The lowest BCUT2D eigenvalue weighted by Gasteiger charge is -2.14. The lowest BCUT2D eigenvalue weighted by molar-refractivity contribution is 0.123. The third-order valence-corrected chi connectivity index (χ3v) is 2.31. The molecule has 15 heavy (non-hydrogen) atoms. The van der Waals surface area contributed by atoms with Crippen molar-refractivity contribution in [3.05, 3.63) is 0 Å². The van der Waals surface area contributed by atoms with Crippen molar-refractivity contribution in [2.45, 2.75) is 46.5 Å². The SMILES string of the molecule is CCCCC(CC)COC(=O)NCC.N. The van der Waals surface area contributed by atoms with Crippen LogP contribution in [-0.4, -0.2) is 19.2 Å². The number of unbranched alkanes of at least 4 members (excludes halogenated alkanes) is 1. The van der Waals surface area contributed by atoms with E-state index in [1.807, 2.05) is 6.92 Å². The van der Waals surface area contributed by atoms with Gasteiger partial charge in [-0.2, -0.15) is 0 Å². The predicted molar refractivity (Wildman–Crippen MR) is 63.4 cm³/mol. The molecule has 0 aliphatic heterocycles. The maximum atomic E-state index is 11.0. The van der Waals surface area contributed by atoms with Gasteiger partial charge in [0.15, 0.2) is 0 Å². The van der Waals surface area contributed by atoms with Crippen LogP contribution in [0.15, 0.2) is 0 Å². The third kappa shape index (κ3) is 9.53. The topological polar surface area (TPSA) is 73.3 Å². The third-order valence-electron chi connectivity index (χ3n) is 2.31. The number of rotatable bonds is 7. The van der Waals surface area contributed by atoms with Crippen molar-refractivity contribution in [2.75, 3.05) is 13.2 Å². The predicted octanol–water partition coefficient (Wildman–Crippen LogP) is 3.11. The van der Waals surface area contributed by atoms with Crippen molar-refractivity contribution in [3.63, 3.8) is 0 Å². The van der Waals surface area contributed by atoms with E-state index >= 15 is 0 Å². The van der Waals surface area contributed by atoms with Gasteiger partial charge in [0.25, 0.3) is 0 Å². The van der Waals surface area contributed by atoms with Crippen molar-refractivity contribution < 1.29 is 9.53 Å². The summed E-state index contributed by atoms with van der Waals surface area (Å²) < 4.78 is 5.08. The summed E-state index contributed by atoms with van der Waals surface area (Å²) in [5.74, 6) is 0.526. The molecule has 1 amide bonds. The number of amides is 1. The second kappa shape index (κ2) is 11.3. The Bertz CT molecular complexity index is 152. The van der Waals surface area contributed by atoms with Crippen LogP contribution in [0.2, 0.25) is 0 Å². The lowest BCUT2D eigenvalue weighted by Crippen LogP contribution is -2.26. The maximum absolute atomic E-state index is 11.0. The molecule has 0 radical (unpaired) electrons. The fraction of sp³-hybridized carbons (Fsp3) is 0.909. The molecule has 0 aromatic carbocycles. The minimum atomic E-state index is -0.289. The molecule has 0 spiro atoms. The highest BCUT2D eigenvalue weighted by molar-refractivity contribution is 5.66. The van der Waals surface area contributed by atoms with E-state index in [0.717, 1.165) is 12.8 Å². The van der Waals surface area contributed by atoms with Crippen LogP contribution in [0, 0.1) is 5.92 Å². The summed E-state index contributed by atoms with van der Waals surface area (Å²) in [5.41, 5.74) is 0. The lowest BCUT2D eigenvalue weighted by atomic mass is 10.0. The van der Waals surface area contributed by atoms with Gasteiger partial charge in [-0.25, -0.2) is 4.79 Å². The van der Waals surface area contributed by atoms with E-state index in [9.17, 15) is 4.79 Å². The summed E-state index contributed by atoms with van der Waals surface area (Å²) in [6.07, 6.45) is 4.38. The quantitative estimate of drug-likeness (QED) is 0.689. The van der Waals surface area contributed by atoms with Crippen LogP contribution >= 0.6 is 0 Å². The molecule has 0 aromatic rings. The van der Waals surface area contributed by atoms with Crippen LogP contribution in [0.3, 0.4) is 0 Å². The van der Waals surface area contributed by atoms with Gasteiger partial charge in [0.1, 0.15) is 0 Å². The number of nitrogens with one attached hydrogen (secondary N) is 1. The second-order valence-corrected chi connectivity index (χ2v) is 3.55. The molecule has 0 fully saturated rings. The van der Waals surface area contributed by atoms with Crippen molar-refractivity contribution in [2.24, 2.45) is 5.92 Å². The normalized spacial score (nSPS) is 11.4. The van der Waals surface area contributed by atoms with Crippen LogP contribution in [-0.2, 0) is 4.74 Å². The number of hydrogen-bond acceptors (Lipinski definition) is 3. The molecule has 0 heterocycles. The minimum Gasteiger partial charge on any atom is -0.449 e. The molecule has 92 valence electrons. The van der Waals surface area contributed by atoms with Gasteiger partial charge in [-0.1, -0.05) is 33.1 Å². The highest BCUT2D eigenvalue weighted by atomic mass is 16.5. The Balaban J connectivity index is 0. The average Bonchev–Trinajstić information content (AvgIpc) is 2.19. The largest absolute Gasteiger partial charge is 0.449 e. The summed E-state index contributed by atoms with van der Waals surface area (Å²) in [6.45, 7) is 7.39. The van der Waals surface area contributed by atoms with Gasteiger partial charge >= 0.3 is 6.09 Å². The summed E-state index contributed by atoms with van der Waals surface area (Å²) in [7, 11) is 0. The van der Waals surface area contributed by atoms with Crippen LogP contribution in [0.4, 0.5) is 4.79 Å². The molecule has 1 unspecified atom stereocenters. The van der Waals surface area contributed by atoms with E-state index in [4.69, 9.17) is 4.74 Å². The summed E-state index contributed by atoms with van der Waals surface area (Å²) >= 11 is 0. The molecule has 4 N–H and O–H groups in total. The Labute approximate surface area is 93.3 Å². The Kier molecular flexibility index (Phi) is 12.6. The van der Waals surface area contributed by atoms with Crippen LogP contribution < -0.4 is 11.5 Å². The molecule has 4 nitrogen and oxygen atoms in total. The van der Waals surface area contributed by atoms with E-state index in [1.54, 1.807) is 0 Å². The second-order valence-electron chi connectivity index (χ2n) is 3.55. The van der Waals surface area contributed by atoms with Gasteiger partial charge in [-0.05, 0) is 19.3 Å². The first-order valence-corrected chi connectivity index (χ1v) is 5.65. The number of carbonyl (C=O) groups excluding carboxylic acids is 1. The molecule has 0 saturated heterocycles. The Morgan fingerprint density at radius 1 is 1.33 bits per heavy atom. The van der Waals surface area contributed by atoms with Gasteiger partial charge in [-0.15, -0.1) is 0 Å². The Morgan fingerprint density at radius 2 is 2.00 bits per heavy atom. The van der Waals surface area contributed by atoms with E-state index in [-0.39, 0.29) is 12.2 Å². The number of ether oxygens (including phenoxy) is 1. The number of carbonyl (C=O) groups is 1. The van der Waals surface area contributed by atoms with Crippen molar-refractivity contribution in [1.29, 1.82) is 0 Å². The van der Waals surface area contributed by atoms with Crippen molar-refractivity contribution in [3.8, 4) is 0 Å². The first kappa shape index (κ1) is 16.7. The van der Waals surface area contributed by atoms with E-state index in [0.29, 0.717) is 19.1 Å². The molecule has 0 bridgehead atoms. The van der Waals surface area contributed by atoms with E-state index in [2.05, 4.69) is 19.2 Å². The average molecular weight is 218 g/mol. The molecule has 0 saturated carbocycles. The monoisotopic (exact) mass is 218 g/mol. The Hall–Kier alpha value is -0.770. The van der Waals surface area contributed by atoms with Crippen LogP contribution in [0.5, 0.6) is 0 Å². The number of hydrogen-bond donors (Lipinski definition) is 2. The van der Waals surface area contributed by atoms with Gasteiger partial charge in [0.05, 0.1) is 6.61 Å². The zero-order chi connectivity index (χ0) is 10.8. The molecule has 0 aliphatic carbocycles. The molecule has 1 atom stereocenters. The van der Waals surface area contributed by atoms with Gasteiger partial charge in [0, 0.05) is 6.54 Å². The maximum Gasteiger partial charge on any atom is 0.407 e. The summed E-state index contributed by atoms with van der Waals surface area (Å²) in [6, 6.07) is 0.